The summed E-state index contributed by atoms with van der Waals surface area (Å²) in [6.07, 6.45) is 6.92. The highest BCUT2D eigenvalue weighted by molar-refractivity contribution is 5.93. The third kappa shape index (κ3) is 3.54. The number of carbonyl (C=O) groups is 2. The molecular formula is C21H26N2O3. The first-order valence-corrected chi connectivity index (χ1v) is 9.63. The molecule has 4 rings (SSSR count). The van der Waals surface area contributed by atoms with Gasteiger partial charge in [0.05, 0.1) is 12.1 Å². The lowest BCUT2D eigenvalue weighted by atomic mass is 9.99. The van der Waals surface area contributed by atoms with E-state index < -0.39 is 0 Å². The van der Waals surface area contributed by atoms with Crippen LogP contribution in [-0.4, -0.2) is 60.0 Å². The standard InChI is InChI=1S/C21H26N2O3/c24-20(7-6-16-4-2-1-3-5-16)22-11-8-18-19(22)14-21(25)23(18)15-17-9-12-26-13-10-17/h1-7,17-19H,8-15H2/b7-6+/t18-,19-/m0/s1. The summed E-state index contributed by atoms with van der Waals surface area (Å²) in [6.45, 7) is 3.17. The Morgan fingerprint density at radius 1 is 1.12 bits per heavy atom. The number of nitrogens with zero attached hydrogens (tertiary/aromatic N) is 2. The van der Waals surface area contributed by atoms with Crippen LogP contribution in [0.15, 0.2) is 36.4 Å². The Hall–Kier alpha value is -2.14. The molecule has 3 heterocycles. The molecule has 3 saturated heterocycles. The van der Waals surface area contributed by atoms with Gasteiger partial charge in [-0.1, -0.05) is 30.3 Å². The van der Waals surface area contributed by atoms with Gasteiger partial charge in [0, 0.05) is 38.8 Å². The van der Waals surface area contributed by atoms with Crippen molar-refractivity contribution in [1.82, 2.24) is 9.80 Å². The number of rotatable bonds is 4. The van der Waals surface area contributed by atoms with Crippen molar-refractivity contribution in [3.63, 3.8) is 0 Å². The minimum atomic E-state index is 0.0158. The van der Waals surface area contributed by atoms with Crippen molar-refractivity contribution in [2.24, 2.45) is 5.92 Å². The molecule has 0 saturated carbocycles. The third-order valence-electron chi connectivity index (χ3n) is 5.91. The van der Waals surface area contributed by atoms with E-state index in [-0.39, 0.29) is 23.9 Å². The Balaban J connectivity index is 1.39. The smallest absolute Gasteiger partial charge is 0.246 e. The SMILES string of the molecule is O=C(/C=C/c1ccccc1)N1CC[C@H]2[C@@H]1CC(=O)N2CC1CCOCC1. The van der Waals surface area contributed by atoms with Crippen molar-refractivity contribution in [3.05, 3.63) is 42.0 Å². The first kappa shape index (κ1) is 17.3. The molecule has 1 aromatic carbocycles. The lowest BCUT2D eigenvalue weighted by molar-refractivity contribution is -0.130. The van der Waals surface area contributed by atoms with Crippen LogP contribution < -0.4 is 0 Å². The number of carbonyl (C=O) groups excluding carboxylic acids is 2. The molecule has 0 spiro atoms. The predicted molar refractivity (Wildman–Crippen MR) is 99.3 cm³/mol. The molecule has 3 fully saturated rings. The topological polar surface area (TPSA) is 49.9 Å². The lowest BCUT2D eigenvalue weighted by Gasteiger charge is -2.30. The van der Waals surface area contributed by atoms with Crippen molar-refractivity contribution >= 4 is 17.9 Å². The predicted octanol–water partition coefficient (Wildman–Crippen LogP) is 2.33. The molecular weight excluding hydrogens is 328 g/mol. The van der Waals surface area contributed by atoms with Crippen LogP contribution in [-0.2, 0) is 14.3 Å². The highest BCUT2D eigenvalue weighted by Gasteiger charge is 2.48. The minimum absolute atomic E-state index is 0.0158. The number of likely N-dealkylation sites (tertiary alicyclic amines) is 2. The monoisotopic (exact) mass is 354 g/mol. The van der Waals surface area contributed by atoms with Crippen molar-refractivity contribution in [1.29, 1.82) is 0 Å². The fourth-order valence-corrected chi connectivity index (χ4v) is 4.47. The van der Waals surface area contributed by atoms with Gasteiger partial charge >= 0.3 is 0 Å². The second-order valence-corrected chi connectivity index (χ2v) is 7.50. The Bertz CT molecular complexity index is 682. The molecule has 0 aliphatic carbocycles. The average molecular weight is 354 g/mol. The fourth-order valence-electron chi connectivity index (χ4n) is 4.47. The molecule has 2 atom stereocenters. The maximum atomic E-state index is 12.7. The fraction of sp³-hybridized carbons (Fsp3) is 0.524. The zero-order valence-corrected chi connectivity index (χ0v) is 15.0. The Morgan fingerprint density at radius 2 is 1.88 bits per heavy atom. The number of hydrogen-bond acceptors (Lipinski definition) is 3. The van der Waals surface area contributed by atoms with Crippen LogP contribution in [0, 0.1) is 5.92 Å². The summed E-state index contributed by atoms with van der Waals surface area (Å²) in [5.74, 6) is 0.757. The van der Waals surface area contributed by atoms with Crippen LogP contribution in [0.25, 0.3) is 6.08 Å². The summed E-state index contributed by atoms with van der Waals surface area (Å²) in [7, 11) is 0. The van der Waals surface area contributed by atoms with Gasteiger partial charge < -0.3 is 14.5 Å². The molecule has 0 N–H and O–H groups in total. The number of benzene rings is 1. The van der Waals surface area contributed by atoms with Gasteiger partial charge in [-0.2, -0.15) is 0 Å². The van der Waals surface area contributed by atoms with Crippen LogP contribution in [0.1, 0.15) is 31.2 Å². The highest BCUT2D eigenvalue weighted by Crippen LogP contribution is 2.34. The van der Waals surface area contributed by atoms with Crippen LogP contribution in [0.4, 0.5) is 0 Å². The van der Waals surface area contributed by atoms with Gasteiger partial charge in [-0.15, -0.1) is 0 Å². The number of fused-ring (bicyclic) bond motifs is 1. The second-order valence-electron chi connectivity index (χ2n) is 7.50. The van der Waals surface area contributed by atoms with Crippen molar-refractivity contribution in [3.8, 4) is 0 Å². The van der Waals surface area contributed by atoms with Gasteiger partial charge in [-0.25, -0.2) is 0 Å². The van der Waals surface area contributed by atoms with E-state index in [9.17, 15) is 9.59 Å². The van der Waals surface area contributed by atoms with Crippen LogP contribution in [0.2, 0.25) is 0 Å². The molecule has 3 aliphatic rings. The summed E-state index contributed by atoms with van der Waals surface area (Å²) in [5.41, 5.74) is 1.01. The maximum Gasteiger partial charge on any atom is 0.246 e. The van der Waals surface area contributed by atoms with E-state index in [1.54, 1.807) is 6.08 Å². The van der Waals surface area contributed by atoms with Gasteiger partial charge in [0.2, 0.25) is 11.8 Å². The normalized spacial score (nSPS) is 26.7. The molecule has 0 unspecified atom stereocenters. The highest BCUT2D eigenvalue weighted by atomic mass is 16.5. The Labute approximate surface area is 154 Å². The largest absolute Gasteiger partial charge is 0.381 e. The average Bonchev–Trinajstić information content (AvgIpc) is 3.21. The summed E-state index contributed by atoms with van der Waals surface area (Å²) in [5, 5.41) is 0. The number of amides is 2. The maximum absolute atomic E-state index is 12.7. The van der Waals surface area contributed by atoms with E-state index in [1.165, 1.54) is 0 Å². The Morgan fingerprint density at radius 3 is 2.65 bits per heavy atom. The van der Waals surface area contributed by atoms with Crippen molar-refractivity contribution in [2.45, 2.75) is 37.8 Å². The molecule has 0 bridgehead atoms. The van der Waals surface area contributed by atoms with Gasteiger partial charge in [0.1, 0.15) is 0 Å². The van der Waals surface area contributed by atoms with Crippen molar-refractivity contribution < 1.29 is 14.3 Å². The van der Waals surface area contributed by atoms with Gasteiger partial charge in [-0.3, -0.25) is 9.59 Å². The summed E-state index contributed by atoms with van der Waals surface area (Å²) in [4.78, 5) is 29.2. The summed E-state index contributed by atoms with van der Waals surface area (Å²) in [6, 6.07) is 10.1. The quantitative estimate of drug-likeness (QED) is 0.780. The third-order valence-corrected chi connectivity index (χ3v) is 5.91. The number of ether oxygens (including phenoxy) is 1. The van der Waals surface area contributed by atoms with E-state index in [4.69, 9.17) is 4.74 Å². The van der Waals surface area contributed by atoms with Crippen molar-refractivity contribution in [2.75, 3.05) is 26.3 Å². The number of hydrogen-bond donors (Lipinski definition) is 0. The van der Waals surface area contributed by atoms with Crippen LogP contribution in [0.3, 0.4) is 0 Å². The first-order valence-electron chi connectivity index (χ1n) is 9.63. The summed E-state index contributed by atoms with van der Waals surface area (Å²) >= 11 is 0. The lowest BCUT2D eigenvalue weighted by Crippen LogP contribution is -2.41. The van der Waals surface area contributed by atoms with E-state index in [2.05, 4.69) is 4.90 Å². The van der Waals surface area contributed by atoms with Crippen LogP contribution in [0.5, 0.6) is 0 Å². The first-order chi connectivity index (χ1) is 12.7. The van der Waals surface area contributed by atoms with Gasteiger partial charge in [0.25, 0.3) is 0 Å². The second kappa shape index (κ2) is 7.62. The van der Waals surface area contributed by atoms with E-state index >= 15 is 0 Å². The molecule has 1 aromatic rings. The Kier molecular flexibility index (Phi) is 5.07. The molecule has 2 amide bonds. The van der Waals surface area contributed by atoms with E-state index in [1.807, 2.05) is 41.3 Å². The van der Waals surface area contributed by atoms with Gasteiger partial charge in [-0.05, 0) is 36.8 Å². The zero-order valence-electron chi connectivity index (χ0n) is 15.0. The molecule has 5 nitrogen and oxygen atoms in total. The molecule has 26 heavy (non-hydrogen) atoms. The molecule has 0 aromatic heterocycles. The van der Waals surface area contributed by atoms with E-state index in [0.717, 1.165) is 51.1 Å². The molecule has 3 aliphatic heterocycles. The molecule has 138 valence electrons. The minimum Gasteiger partial charge on any atom is -0.381 e. The zero-order chi connectivity index (χ0) is 17.9. The van der Waals surface area contributed by atoms with Gasteiger partial charge in [0.15, 0.2) is 0 Å². The van der Waals surface area contributed by atoms with Crippen LogP contribution >= 0.6 is 0 Å². The summed E-state index contributed by atoms with van der Waals surface area (Å²) < 4.78 is 5.43. The molecule has 0 radical (unpaired) electrons. The van der Waals surface area contributed by atoms with E-state index in [0.29, 0.717) is 12.3 Å². The molecule has 5 heteroatoms.